The van der Waals surface area contributed by atoms with E-state index in [1.165, 1.54) is 6.42 Å². The van der Waals surface area contributed by atoms with E-state index in [9.17, 15) is 9.59 Å². The van der Waals surface area contributed by atoms with Crippen LogP contribution in [-0.2, 0) is 4.79 Å². The van der Waals surface area contributed by atoms with Crippen LogP contribution in [0.1, 0.15) is 53.4 Å². The van der Waals surface area contributed by atoms with Crippen LogP contribution in [0.3, 0.4) is 0 Å². The monoisotopic (exact) mass is 283 g/mol. The zero-order valence-electron chi connectivity index (χ0n) is 13.3. The molecule has 2 N–H and O–H groups in total. The summed E-state index contributed by atoms with van der Waals surface area (Å²) in [5.74, 6) is 0.0238. The lowest BCUT2D eigenvalue weighted by molar-refractivity contribution is -0.133. The van der Waals surface area contributed by atoms with Crippen LogP contribution in [0, 0.1) is 5.41 Å². The number of carbonyl (C=O) groups is 2. The third-order valence-electron chi connectivity index (χ3n) is 3.55. The lowest BCUT2D eigenvalue weighted by atomic mass is 9.92. The minimum atomic E-state index is -0.456. The molecular formula is C15H29N3O2. The first-order valence-electron chi connectivity index (χ1n) is 7.63. The Balaban J connectivity index is 2.28. The summed E-state index contributed by atoms with van der Waals surface area (Å²) in [7, 11) is 0. The van der Waals surface area contributed by atoms with Gasteiger partial charge in [-0.3, -0.25) is 4.79 Å². The van der Waals surface area contributed by atoms with Gasteiger partial charge in [-0.05, 0) is 38.0 Å². The van der Waals surface area contributed by atoms with Crippen LogP contribution in [0.2, 0.25) is 0 Å². The third-order valence-corrected chi connectivity index (χ3v) is 3.55. The Hall–Kier alpha value is -1.26. The van der Waals surface area contributed by atoms with Gasteiger partial charge in [0.15, 0.2) is 0 Å². The van der Waals surface area contributed by atoms with E-state index in [1.54, 1.807) is 6.92 Å². The molecule has 20 heavy (non-hydrogen) atoms. The van der Waals surface area contributed by atoms with E-state index in [4.69, 9.17) is 0 Å². The molecule has 0 spiro atoms. The first-order chi connectivity index (χ1) is 9.29. The van der Waals surface area contributed by atoms with Crippen LogP contribution in [0.5, 0.6) is 0 Å². The molecule has 3 amide bonds. The van der Waals surface area contributed by atoms with Crippen LogP contribution in [-0.4, -0.2) is 42.5 Å². The summed E-state index contributed by atoms with van der Waals surface area (Å²) in [5, 5.41) is 5.53. The molecule has 5 heteroatoms. The van der Waals surface area contributed by atoms with Gasteiger partial charge in [-0.1, -0.05) is 20.8 Å². The van der Waals surface area contributed by atoms with E-state index in [-0.39, 0.29) is 17.4 Å². The molecule has 116 valence electrons. The first kappa shape index (κ1) is 16.8. The second-order valence-electron chi connectivity index (χ2n) is 6.82. The van der Waals surface area contributed by atoms with E-state index < -0.39 is 6.04 Å². The molecule has 1 heterocycles. The first-order valence-corrected chi connectivity index (χ1v) is 7.63. The lowest BCUT2D eigenvalue weighted by Crippen LogP contribution is -2.51. The second-order valence-corrected chi connectivity index (χ2v) is 6.82. The predicted octanol–water partition coefficient (Wildman–Crippen LogP) is 2.12. The average Bonchev–Trinajstić information content (AvgIpc) is 2.37. The standard InChI is InChI=1S/C15H29N3O2/c1-12(13(19)18-10-6-5-7-11-18)17-14(20)16-9-8-15(2,3)4/h12H,5-11H2,1-4H3,(H2,16,17,20)/t12-/m1/s1. The van der Waals surface area contributed by atoms with Crippen molar-refractivity contribution in [3.8, 4) is 0 Å². The number of nitrogens with one attached hydrogen (secondary N) is 2. The number of hydrogen-bond donors (Lipinski definition) is 2. The molecule has 5 nitrogen and oxygen atoms in total. The maximum atomic E-state index is 12.2. The van der Waals surface area contributed by atoms with E-state index in [0.29, 0.717) is 6.54 Å². The van der Waals surface area contributed by atoms with Gasteiger partial charge in [0.05, 0.1) is 0 Å². The van der Waals surface area contributed by atoms with Crippen LogP contribution in [0.25, 0.3) is 0 Å². The molecule has 0 saturated carbocycles. The lowest BCUT2D eigenvalue weighted by Gasteiger charge is -2.29. The Morgan fingerprint density at radius 1 is 1.15 bits per heavy atom. The zero-order valence-corrected chi connectivity index (χ0v) is 13.3. The highest BCUT2D eigenvalue weighted by atomic mass is 16.2. The summed E-state index contributed by atoms with van der Waals surface area (Å²) in [6, 6.07) is -0.713. The van der Waals surface area contributed by atoms with Gasteiger partial charge < -0.3 is 15.5 Å². The smallest absolute Gasteiger partial charge is 0.315 e. The molecule has 0 aliphatic carbocycles. The molecule has 0 aromatic carbocycles. The van der Waals surface area contributed by atoms with Crippen molar-refractivity contribution in [2.24, 2.45) is 5.41 Å². The quantitative estimate of drug-likeness (QED) is 0.830. The number of urea groups is 1. The Labute approximate surface area is 122 Å². The molecule has 1 saturated heterocycles. The van der Waals surface area contributed by atoms with E-state index >= 15 is 0 Å². The molecule has 1 atom stereocenters. The maximum Gasteiger partial charge on any atom is 0.315 e. The van der Waals surface area contributed by atoms with Gasteiger partial charge in [0, 0.05) is 19.6 Å². The van der Waals surface area contributed by atoms with Crippen LogP contribution in [0.4, 0.5) is 4.79 Å². The van der Waals surface area contributed by atoms with Gasteiger partial charge in [0.2, 0.25) is 5.91 Å². The minimum Gasteiger partial charge on any atom is -0.341 e. The topological polar surface area (TPSA) is 61.4 Å². The summed E-state index contributed by atoms with van der Waals surface area (Å²) in [5.41, 5.74) is 0.197. The average molecular weight is 283 g/mol. The highest BCUT2D eigenvalue weighted by Crippen LogP contribution is 2.16. The van der Waals surface area contributed by atoms with Gasteiger partial charge in [-0.25, -0.2) is 4.79 Å². The molecule has 0 unspecified atom stereocenters. The Bertz CT molecular complexity index is 331. The van der Waals surface area contributed by atoms with Gasteiger partial charge >= 0.3 is 6.03 Å². The predicted molar refractivity (Wildman–Crippen MR) is 80.5 cm³/mol. The van der Waals surface area contributed by atoms with Crippen molar-refractivity contribution in [1.29, 1.82) is 0 Å². The minimum absolute atomic E-state index is 0.0238. The van der Waals surface area contributed by atoms with E-state index in [2.05, 4.69) is 31.4 Å². The van der Waals surface area contributed by atoms with Crippen molar-refractivity contribution in [1.82, 2.24) is 15.5 Å². The highest BCUT2D eigenvalue weighted by Gasteiger charge is 2.23. The number of carbonyl (C=O) groups excluding carboxylic acids is 2. The second kappa shape index (κ2) is 7.50. The SMILES string of the molecule is C[C@@H](NC(=O)NCCC(C)(C)C)C(=O)N1CCCCC1. The normalized spacial score (nSPS) is 17.5. The summed E-state index contributed by atoms with van der Waals surface area (Å²) in [6.45, 7) is 10.4. The summed E-state index contributed by atoms with van der Waals surface area (Å²) >= 11 is 0. The Morgan fingerprint density at radius 3 is 2.30 bits per heavy atom. The number of hydrogen-bond acceptors (Lipinski definition) is 2. The van der Waals surface area contributed by atoms with Crippen molar-refractivity contribution >= 4 is 11.9 Å². The summed E-state index contributed by atoms with van der Waals surface area (Å²) in [6.07, 6.45) is 4.24. The number of nitrogens with zero attached hydrogens (tertiary/aromatic N) is 1. The molecule has 1 aliphatic heterocycles. The van der Waals surface area contributed by atoms with Crippen LogP contribution in [0.15, 0.2) is 0 Å². The molecule has 1 aliphatic rings. The Kier molecular flexibility index (Phi) is 6.30. The summed E-state index contributed by atoms with van der Waals surface area (Å²) < 4.78 is 0. The molecule has 0 bridgehead atoms. The fraction of sp³-hybridized carbons (Fsp3) is 0.867. The van der Waals surface area contributed by atoms with Crippen molar-refractivity contribution in [2.45, 2.75) is 59.4 Å². The highest BCUT2D eigenvalue weighted by molar-refractivity contribution is 5.86. The van der Waals surface area contributed by atoms with Gasteiger partial charge in [-0.15, -0.1) is 0 Å². The van der Waals surface area contributed by atoms with Gasteiger partial charge in [0.25, 0.3) is 0 Å². The number of amides is 3. The van der Waals surface area contributed by atoms with E-state index in [1.807, 2.05) is 4.90 Å². The fourth-order valence-corrected chi connectivity index (χ4v) is 2.25. The summed E-state index contributed by atoms with van der Waals surface area (Å²) in [4.78, 5) is 25.7. The van der Waals surface area contributed by atoms with Gasteiger partial charge in [-0.2, -0.15) is 0 Å². The van der Waals surface area contributed by atoms with Crippen molar-refractivity contribution < 1.29 is 9.59 Å². The molecule has 1 rings (SSSR count). The van der Waals surface area contributed by atoms with E-state index in [0.717, 1.165) is 32.4 Å². The van der Waals surface area contributed by atoms with Gasteiger partial charge in [0.1, 0.15) is 6.04 Å². The van der Waals surface area contributed by atoms with Crippen LogP contribution >= 0.6 is 0 Å². The fourth-order valence-electron chi connectivity index (χ4n) is 2.25. The van der Waals surface area contributed by atoms with Crippen molar-refractivity contribution in [2.75, 3.05) is 19.6 Å². The maximum absolute atomic E-state index is 12.2. The van der Waals surface area contributed by atoms with Crippen molar-refractivity contribution in [3.63, 3.8) is 0 Å². The molecule has 0 radical (unpaired) electrons. The molecule has 1 fully saturated rings. The number of rotatable bonds is 4. The number of likely N-dealkylation sites (tertiary alicyclic amines) is 1. The third kappa shape index (κ3) is 6.26. The molecule has 0 aromatic rings. The van der Waals surface area contributed by atoms with Crippen molar-refractivity contribution in [3.05, 3.63) is 0 Å². The zero-order chi connectivity index (χ0) is 15.2. The molecular weight excluding hydrogens is 254 g/mol. The van der Waals surface area contributed by atoms with Crippen LogP contribution < -0.4 is 10.6 Å². The number of piperidine rings is 1. The largest absolute Gasteiger partial charge is 0.341 e. The molecule has 0 aromatic heterocycles. The Morgan fingerprint density at radius 2 is 1.75 bits per heavy atom.